The number of amides is 2. The zero-order valence-corrected chi connectivity index (χ0v) is 13.7. The second kappa shape index (κ2) is 8.24. The Labute approximate surface area is 139 Å². The number of hydrogen-bond acceptors (Lipinski definition) is 3. The van der Waals surface area contributed by atoms with Gasteiger partial charge in [-0.3, -0.25) is 9.59 Å². The lowest BCUT2D eigenvalue weighted by molar-refractivity contribution is -0.862. The van der Waals surface area contributed by atoms with Crippen LogP contribution in [0.1, 0.15) is 0 Å². The smallest absolute Gasteiger partial charge is 0.279 e. The van der Waals surface area contributed by atoms with Gasteiger partial charge in [0.15, 0.2) is 13.1 Å². The highest BCUT2D eigenvalue weighted by atomic mass is 35.5. The van der Waals surface area contributed by atoms with Gasteiger partial charge in [0.25, 0.3) is 11.8 Å². The number of carbonyl (C=O) groups excluding carboxylic acids is 2. The summed E-state index contributed by atoms with van der Waals surface area (Å²) in [6.45, 7) is 2.51. The van der Waals surface area contributed by atoms with E-state index in [4.69, 9.17) is 16.3 Å². The van der Waals surface area contributed by atoms with E-state index in [0.717, 1.165) is 11.0 Å². The van der Waals surface area contributed by atoms with Gasteiger partial charge in [0.05, 0.1) is 25.9 Å². The monoisotopic (exact) mass is 344 g/mol. The summed E-state index contributed by atoms with van der Waals surface area (Å²) in [5, 5.41) is 2.75. The molecule has 0 spiro atoms. The minimum atomic E-state index is -0.590. The molecule has 2 N–H and O–H groups in total. The van der Waals surface area contributed by atoms with Crippen molar-refractivity contribution in [3.63, 3.8) is 0 Å². The molecule has 1 aliphatic rings. The van der Waals surface area contributed by atoms with Gasteiger partial charge in [-0.15, -0.1) is 0 Å². The van der Waals surface area contributed by atoms with Crippen LogP contribution in [0.5, 0.6) is 0 Å². The predicted octanol–water partition coefficient (Wildman–Crippen LogP) is -0.209. The molecule has 23 heavy (non-hydrogen) atoms. The third-order valence-electron chi connectivity index (χ3n) is 3.48. The van der Waals surface area contributed by atoms with Crippen LogP contribution < -0.4 is 10.2 Å². The van der Waals surface area contributed by atoms with E-state index in [0.29, 0.717) is 26.3 Å². The molecular weight excluding hydrogens is 325 g/mol. The largest absolute Gasteiger partial charge is 0.378 e. The molecule has 1 atom stereocenters. The highest BCUT2D eigenvalue weighted by molar-refractivity contribution is 6.30. The minimum absolute atomic E-state index is 0.0173. The summed E-state index contributed by atoms with van der Waals surface area (Å²) in [5.74, 6) is -0.970. The highest BCUT2D eigenvalue weighted by Crippen LogP contribution is 2.18. The Bertz CT molecular complexity index is 579. The molecule has 0 aliphatic carbocycles. The number of hydrogen-bond donors (Lipinski definition) is 2. The molecule has 1 heterocycles. The van der Waals surface area contributed by atoms with Crippen LogP contribution in [-0.2, 0) is 14.3 Å². The molecule has 2 rings (SSSR count). The number of rotatable bonds is 5. The maximum Gasteiger partial charge on any atom is 0.279 e. The van der Waals surface area contributed by atoms with E-state index in [1.807, 2.05) is 0 Å². The van der Waals surface area contributed by atoms with Crippen molar-refractivity contribution < 1.29 is 23.6 Å². The molecule has 1 fully saturated rings. The van der Waals surface area contributed by atoms with Crippen molar-refractivity contribution in [3.8, 4) is 0 Å². The van der Waals surface area contributed by atoms with Crippen LogP contribution in [0.2, 0.25) is 5.02 Å². The van der Waals surface area contributed by atoms with E-state index >= 15 is 0 Å². The van der Waals surface area contributed by atoms with Gasteiger partial charge in [0.1, 0.15) is 5.82 Å². The number of nitrogens with one attached hydrogen (secondary N) is 2. The number of ether oxygens (including phenoxy) is 1. The van der Waals surface area contributed by atoms with Gasteiger partial charge >= 0.3 is 0 Å². The summed E-state index contributed by atoms with van der Waals surface area (Å²) in [6, 6.07) is 4.04. The van der Waals surface area contributed by atoms with Crippen LogP contribution >= 0.6 is 11.6 Å². The fraction of sp³-hybridized carbons (Fsp3) is 0.467. The minimum Gasteiger partial charge on any atom is -0.378 e. The molecule has 0 bridgehead atoms. The van der Waals surface area contributed by atoms with E-state index in [1.54, 1.807) is 11.9 Å². The SMILES string of the molecule is C[NH+](CC(=O)Nc1ccc(Cl)cc1F)CC(=O)N1CCOCC1. The molecule has 1 saturated heterocycles. The van der Waals surface area contributed by atoms with Gasteiger partial charge in [-0.2, -0.15) is 0 Å². The van der Waals surface area contributed by atoms with E-state index in [2.05, 4.69) is 5.32 Å². The molecule has 6 nitrogen and oxygen atoms in total. The Hall–Kier alpha value is -1.70. The van der Waals surface area contributed by atoms with Crippen LogP contribution in [0.25, 0.3) is 0 Å². The van der Waals surface area contributed by atoms with Crippen LogP contribution in [0.4, 0.5) is 10.1 Å². The number of likely N-dealkylation sites (N-methyl/N-ethyl adjacent to an activating group) is 1. The van der Waals surface area contributed by atoms with Crippen LogP contribution in [0, 0.1) is 5.82 Å². The Morgan fingerprint density at radius 2 is 2.04 bits per heavy atom. The summed E-state index contributed by atoms with van der Waals surface area (Å²) in [7, 11) is 1.75. The summed E-state index contributed by atoms with van der Waals surface area (Å²) in [5.41, 5.74) is 0.0757. The first kappa shape index (κ1) is 17.7. The Morgan fingerprint density at radius 3 is 2.70 bits per heavy atom. The van der Waals surface area contributed by atoms with Crippen molar-refractivity contribution in [1.82, 2.24) is 4.90 Å². The third-order valence-corrected chi connectivity index (χ3v) is 3.72. The number of morpholine rings is 1. The predicted molar refractivity (Wildman–Crippen MR) is 84.1 cm³/mol. The average Bonchev–Trinajstić information content (AvgIpc) is 2.50. The molecule has 1 unspecified atom stereocenters. The third kappa shape index (κ3) is 5.46. The average molecular weight is 345 g/mol. The van der Waals surface area contributed by atoms with Crippen molar-refractivity contribution in [1.29, 1.82) is 0 Å². The van der Waals surface area contributed by atoms with E-state index in [1.165, 1.54) is 12.1 Å². The maximum atomic E-state index is 13.6. The fourth-order valence-corrected chi connectivity index (χ4v) is 2.46. The topological polar surface area (TPSA) is 63.1 Å². The normalized spacial score (nSPS) is 16.0. The van der Waals surface area contributed by atoms with Gasteiger partial charge in [-0.05, 0) is 18.2 Å². The standard InChI is InChI=1S/C15H19ClFN3O3/c1-19(10-15(22)20-4-6-23-7-5-20)9-14(21)18-13-3-2-11(16)8-12(13)17/h2-3,8H,4-7,9-10H2,1H3,(H,18,21)/p+1. The van der Waals surface area contributed by atoms with Gasteiger partial charge in [0, 0.05) is 18.1 Å². The summed E-state index contributed by atoms with van der Waals surface area (Å²) in [6.07, 6.45) is 0. The zero-order chi connectivity index (χ0) is 16.8. The van der Waals surface area contributed by atoms with E-state index in [-0.39, 0.29) is 35.6 Å². The molecule has 1 aromatic carbocycles. The second-order valence-electron chi connectivity index (χ2n) is 5.48. The summed E-state index contributed by atoms with van der Waals surface area (Å²) in [4.78, 5) is 26.5. The number of benzene rings is 1. The molecule has 8 heteroatoms. The van der Waals surface area contributed by atoms with E-state index in [9.17, 15) is 14.0 Å². The zero-order valence-electron chi connectivity index (χ0n) is 12.9. The van der Waals surface area contributed by atoms with Gasteiger partial charge < -0.3 is 19.9 Å². The molecule has 0 saturated carbocycles. The molecule has 1 aliphatic heterocycles. The Kier molecular flexibility index (Phi) is 6.32. The first-order valence-electron chi connectivity index (χ1n) is 7.37. The summed E-state index contributed by atoms with van der Waals surface area (Å²) < 4.78 is 18.8. The molecule has 126 valence electrons. The maximum absolute atomic E-state index is 13.6. The highest BCUT2D eigenvalue weighted by Gasteiger charge is 2.21. The van der Waals surface area contributed by atoms with Crippen molar-refractivity contribution in [2.24, 2.45) is 0 Å². The fourth-order valence-electron chi connectivity index (χ4n) is 2.30. The lowest BCUT2D eigenvalue weighted by Crippen LogP contribution is -3.11. The Balaban J connectivity index is 1.81. The van der Waals surface area contributed by atoms with Crippen LogP contribution in [0.3, 0.4) is 0 Å². The lowest BCUT2D eigenvalue weighted by atomic mass is 10.3. The van der Waals surface area contributed by atoms with Crippen molar-refractivity contribution >= 4 is 29.1 Å². The van der Waals surface area contributed by atoms with Crippen LogP contribution in [-0.4, -0.2) is 63.2 Å². The number of halogens is 2. The van der Waals surface area contributed by atoms with Crippen molar-refractivity contribution in [3.05, 3.63) is 29.0 Å². The number of carbonyl (C=O) groups is 2. The molecule has 2 amide bonds. The Morgan fingerprint density at radius 1 is 1.35 bits per heavy atom. The molecule has 0 aromatic heterocycles. The number of nitrogens with zero attached hydrogens (tertiary/aromatic N) is 1. The number of quaternary nitrogens is 1. The van der Waals surface area contributed by atoms with Gasteiger partial charge in [-0.25, -0.2) is 4.39 Å². The second-order valence-corrected chi connectivity index (χ2v) is 5.91. The van der Waals surface area contributed by atoms with E-state index < -0.39 is 5.82 Å². The lowest BCUT2D eigenvalue weighted by Gasteiger charge is -2.27. The molecule has 0 radical (unpaired) electrons. The number of anilines is 1. The first-order chi connectivity index (χ1) is 11.0. The van der Waals surface area contributed by atoms with Gasteiger partial charge in [0.2, 0.25) is 0 Å². The summed E-state index contributed by atoms with van der Waals surface area (Å²) >= 11 is 5.66. The first-order valence-corrected chi connectivity index (χ1v) is 7.75. The van der Waals surface area contributed by atoms with Crippen LogP contribution in [0.15, 0.2) is 18.2 Å². The van der Waals surface area contributed by atoms with Crippen molar-refractivity contribution in [2.75, 3.05) is 51.8 Å². The molecular formula is C15H20ClFN3O3+. The van der Waals surface area contributed by atoms with Gasteiger partial charge in [-0.1, -0.05) is 11.6 Å². The quantitative estimate of drug-likeness (QED) is 0.777. The van der Waals surface area contributed by atoms with Crippen molar-refractivity contribution in [2.45, 2.75) is 0 Å². The molecule has 1 aromatic rings.